The maximum Gasteiger partial charge on any atom is 1.00 e. The molecule has 104 valence electrons. The summed E-state index contributed by atoms with van der Waals surface area (Å²) in [4.78, 5) is 0. The number of rotatable bonds is 12. The Hall–Kier alpha value is 0.507. The normalized spacial score (nSPS) is 11.2. The molecule has 0 fully saturated rings. The zero-order chi connectivity index (χ0) is 13.0. The van der Waals surface area contributed by atoms with Crippen LogP contribution in [0.4, 0.5) is 0 Å². The van der Waals surface area contributed by atoms with Crippen molar-refractivity contribution in [1.29, 1.82) is 0 Å². The van der Waals surface area contributed by atoms with Crippen molar-refractivity contribution in [2.45, 2.75) is 77.6 Å². The van der Waals surface area contributed by atoms with Gasteiger partial charge < -0.3 is 4.55 Å². The summed E-state index contributed by atoms with van der Waals surface area (Å²) in [6.45, 7) is 2.22. The molecule has 3 nitrogen and oxygen atoms in total. The fourth-order valence-corrected chi connectivity index (χ4v) is 2.50. The predicted octanol–water partition coefficient (Wildman–Crippen LogP) is 0.847. The zero-order valence-corrected chi connectivity index (χ0v) is 12.9. The van der Waals surface area contributed by atoms with Crippen molar-refractivity contribution in [1.82, 2.24) is 0 Å². The van der Waals surface area contributed by atoms with E-state index >= 15 is 0 Å². The Bertz CT molecular complexity index is 253. The van der Waals surface area contributed by atoms with Crippen molar-refractivity contribution in [3.8, 4) is 0 Å². The van der Waals surface area contributed by atoms with Gasteiger partial charge in [-0.2, -0.15) is 0 Å². The van der Waals surface area contributed by atoms with E-state index in [0.29, 0.717) is 6.42 Å². The maximum atomic E-state index is 10.3. The van der Waals surface area contributed by atoms with Gasteiger partial charge in [0, 0.05) is 5.75 Å². The van der Waals surface area contributed by atoms with Crippen LogP contribution in [0.15, 0.2) is 0 Å². The second-order valence-corrected chi connectivity index (χ2v) is 6.32. The molecule has 0 bridgehead atoms. The fourth-order valence-electron chi connectivity index (χ4n) is 1.94. The fraction of sp³-hybridized carbons (Fsp3) is 1.00. The van der Waals surface area contributed by atoms with Crippen LogP contribution in [0.2, 0.25) is 0 Å². The van der Waals surface area contributed by atoms with Gasteiger partial charge in [-0.05, 0) is 6.42 Å². The second-order valence-electron chi connectivity index (χ2n) is 4.80. The molecule has 0 aromatic rings. The largest absolute Gasteiger partial charge is 1.00 e. The van der Waals surface area contributed by atoms with Crippen LogP contribution in [0, 0.1) is 0 Å². The third-order valence-electron chi connectivity index (χ3n) is 3.00. The van der Waals surface area contributed by atoms with E-state index in [9.17, 15) is 13.0 Å². The molecule has 0 aliphatic carbocycles. The quantitative estimate of drug-likeness (QED) is 0.300. The Balaban J connectivity index is 0. The molecule has 18 heavy (non-hydrogen) atoms. The minimum Gasteiger partial charge on any atom is -0.748 e. The van der Waals surface area contributed by atoms with Gasteiger partial charge in [0.25, 0.3) is 0 Å². The molecule has 0 aromatic heterocycles. The number of hydrogen-bond donors (Lipinski definition) is 0. The first-order valence-electron chi connectivity index (χ1n) is 7.00. The summed E-state index contributed by atoms with van der Waals surface area (Å²) in [5.74, 6) is -0.190. The minimum atomic E-state index is -3.98. The van der Waals surface area contributed by atoms with E-state index in [-0.39, 0.29) is 24.6 Å². The van der Waals surface area contributed by atoms with Crippen molar-refractivity contribution in [2.75, 3.05) is 5.75 Å². The summed E-state index contributed by atoms with van der Waals surface area (Å²) in [6, 6.07) is 0. The predicted molar refractivity (Wildman–Crippen MR) is 71.0 cm³/mol. The number of unbranched alkanes of at least 4 members (excludes halogenated alkanes) is 10. The Morgan fingerprint density at radius 3 is 1.39 bits per heavy atom. The average Bonchev–Trinajstić information content (AvgIpc) is 2.24. The molecule has 0 saturated heterocycles. The molecule has 0 aliphatic rings. The van der Waals surface area contributed by atoms with Crippen LogP contribution in [0.3, 0.4) is 0 Å². The Labute approximate surface area is 125 Å². The molecule has 0 rings (SSSR count). The monoisotopic (exact) mass is 270 g/mol. The van der Waals surface area contributed by atoms with Crippen LogP contribution in [0.5, 0.6) is 0 Å². The molecular formula is C13H27LiO3S. The van der Waals surface area contributed by atoms with Gasteiger partial charge >= 0.3 is 18.9 Å². The Kier molecular flexibility index (Phi) is 16.1. The summed E-state index contributed by atoms with van der Waals surface area (Å²) in [5, 5.41) is 0. The van der Waals surface area contributed by atoms with Crippen molar-refractivity contribution in [3.63, 3.8) is 0 Å². The van der Waals surface area contributed by atoms with Crippen LogP contribution in [0.1, 0.15) is 77.6 Å². The van der Waals surface area contributed by atoms with Gasteiger partial charge in [0.2, 0.25) is 0 Å². The number of hydrogen-bond acceptors (Lipinski definition) is 3. The van der Waals surface area contributed by atoms with Crippen molar-refractivity contribution < 1.29 is 31.8 Å². The van der Waals surface area contributed by atoms with Gasteiger partial charge in [-0.25, -0.2) is 8.42 Å². The summed E-state index contributed by atoms with van der Waals surface area (Å²) >= 11 is 0. The van der Waals surface area contributed by atoms with Crippen LogP contribution in [0.25, 0.3) is 0 Å². The van der Waals surface area contributed by atoms with Crippen LogP contribution in [-0.4, -0.2) is 18.7 Å². The SMILES string of the molecule is CCCCCCCCCCCCCS(=O)(=O)[O-].[Li+]. The van der Waals surface area contributed by atoms with Gasteiger partial charge in [0.1, 0.15) is 0 Å². The van der Waals surface area contributed by atoms with Crippen LogP contribution < -0.4 is 18.9 Å². The molecule has 0 saturated carbocycles. The maximum absolute atomic E-state index is 10.3. The van der Waals surface area contributed by atoms with Crippen molar-refractivity contribution in [2.24, 2.45) is 0 Å². The van der Waals surface area contributed by atoms with Crippen LogP contribution in [-0.2, 0) is 10.1 Å². The molecular weight excluding hydrogens is 243 g/mol. The standard InChI is InChI=1S/C13H28O3S.Li/c1-2-3-4-5-6-7-8-9-10-11-12-13-17(14,15)16;/h2-13H2,1H3,(H,14,15,16);/q;+1/p-1. The molecule has 0 N–H and O–H groups in total. The third kappa shape index (κ3) is 18.9. The van der Waals surface area contributed by atoms with E-state index in [0.717, 1.165) is 12.8 Å². The van der Waals surface area contributed by atoms with E-state index in [1.165, 1.54) is 51.4 Å². The van der Waals surface area contributed by atoms with E-state index in [2.05, 4.69) is 6.92 Å². The van der Waals surface area contributed by atoms with Gasteiger partial charge in [-0.15, -0.1) is 0 Å². The first kappa shape index (κ1) is 20.8. The molecule has 0 spiro atoms. The van der Waals surface area contributed by atoms with E-state index in [1.807, 2.05) is 0 Å². The van der Waals surface area contributed by atoms with Crippen molar-refractivity contribution >= 4 is 10.1 Å². The summed E-state index contributed by atoms with van der Waals surface area (Å²) in [7, 11) is -3.98. The molecule has 0 atom stereocenters. The van der Waals surface area contributed by atoms with Gasteiger partial charge in [-0.1, -0.05) is 71.1 Å². The zero-order valence-electron chi connectivity index (χ0n) is 12.1. The topological polar surface area (TPSA) is 57.2 Å². The minimum absolute atomic E-state index is 0. The average molecular weight is 270 g/mol. The molecule has 0 amide bonds. The smallest absolute Gasteiger partial charge is 0.748 e. The second kappa shape index (κ2) is 13.9. The molecule has 0 aliphatic heterocycles. The van der Waals surface area contributed by atoms with Crippen LogP contribution >= 0.6 is 0 Å². The van der Waals surface area contributed by atoms with E-state index in [1.54, 1.807) is 0 Å². The summed E-state index contributed by atoms with van der Waals surface area (Å²) in [5.41, 5.74) is 0. The Morgan fingerprint density at radius 2 is 1.06 bits per heavy atom. The van der Waals surface area contributed by atoms with Gasteiger partial charge in [0.05, 0.1) is 10.1 Å². The van der Waals surface area contributed by atoms with Gasteiger partial charge in [-0.3, -0.25) is 0 Å². The summed E-state index contributed by atoms with van der Waals surface area (Å²) < 4.78 is 31.0. The molecule has 0 aromatic carbocycles. The van der Waals surface area contributed by atoms with Gasteiger partial charge in [0.15, 0.2) is 0 Å². The molecule has 0 radical (unpaired) electrons. The van der Waals surface area contributed by atoms with Crippen molar-refractivity contribution in [3.05, 3.63) is 0 Å². The van der Waals surface area contributed by atoms with E-state index in [4.69, 9.17) is 0 Å². The molecule has 5 heteroatoms. The first-order chi connectivity index (χ1) is 8.06. The van der Waals surface area contributed by atoms with E-state index < -0.39 is 10.1 Å². The third-order valence-corrected chi connectivity index (χ3v) is 3.79. The molecule has 0 unspecified atom stereocenters. The Morgan fingerprint density at radius 1 is 0.722 bits per heavy atom. The first-order valence-corrected chi connectivity index (χ1v) is 8.57. The molecule has 0 heterocycles. The summed E-state index contributed by atoms with van der Waals surface area (Å²) in [6.07, 6.45) is 12.9.